The number of anilines is 1. The van der Waals surface area contributed by atoms with Crippen LogP contribution in [0.4, 0.5) is 10.3 Å². The molecular weight excluding hydrogens is 493 g/mol. The quantitative estimate of drug-likeness (QED) is 0.360. The summed E-state index contributed by atoms with van der Waals surface area (Å²) >= 11 is 0. The lowest BCUT2D eigenvalue weighted by Crippen LogP contribution is -2.42. The van der Waals surface area contributed by atoms with E-state index in [0.29, 0.717) is 42.4 Å². The molecule has 1 saturated heterocycles. The minimum Gasteiger partial charge on any atom is -0.493 e. The first-order valence-electron chi connectivity index (χ1n) is 12.8. The average Bonchev–Trinajstić information content (AvgIpc) is 3.41. The third kappa shape index (κ3) is 6.81. The molecule has 1 aliphatic heterocycles. The number of carbonyl (C=O) groups is 2. The number of carbonyl (C=O) groups excluding carboxylic acids is 2. The molecule has 1 aromatic carbocycles. The van der Waals surface area contributed by atoms with Crippen LogP contribution in [0.15, 0.2) is 35.1 Å². The first-order chi connectivity index (χ1) is 18.3. The Hall–Kier alpha value is -4.09. The van der Waals surface area contributed by atoms with E-state index in [0.717, 1.165) is 44.3 Å². The van der Waals surface area contributed by atoms with Gasteiger partial charge in [0.1, 0.15) is 17.6 Å². The SMILES string of the molecule is CCc1nc(-c2cnc(N3CCC(CCCOc4ccc(C(=O)N[C@@H](C)C(N)=O)c(F)c4)CC3)nc2)no1. The number of primary amides is 1. The second-order valence-electron chi connectivity index (χ2n) is 9.30. The summed E-state index contributed by atoms with van der Waals surface area (Å²) in [5.74, 6) is 0.567. The number of benzene rings is 1. The highest BCUT2D eigenvalue weighted by molar-refractivity contribution is 5.97. The fourth-order valence-electron chi connectivity index (χ4n) is 4.21. The monoisotopic (exact) mass is 525 g/mol. The van der Waals surface area contributed by atoms with Gasteiger partial charge in [0.05, 0.1) is 17.7 Å². The van der Waals surface area contributed by atoms with Gasteiger partial charge in [-0.1, -0.05) is 12.1 Å². The number of nitrogens with zero attached hydrogens (tertiary/aromatic N) is 5. The largest absolute Gasteiger partial charge is 0.493 e. The second kappa shape index (κ2) is 12.4. The van der Waals surface area contributed by atoms with Crippen LogP contribution in [0.3, 0.4) is 0 Å². The van der Waals surface area contributed by atoms with Gasteiger partial charge in [-0.05, 0) is 50.7 Å². The third-order valence-corrected chi connectivity index (χ3v) is 6.55. The van der Waals surface area contributed by atoms with E-state index < -0.39 is 23.7 Å². The summed E-state index contributed by atoms with van der Waals surface area (Å²) in [5, 5.41) is 6.31. The molecule has 3 heterocycles. The highest BCUT2D eigenvalue weighted by atomic mass is 19.1. The normalized spacial score (nSPS) is 14.8. The number of piperidine rings is 1. The van der Waals surface area contributed by atoms with Gasteiger partial charge in [-0.15, -0.1) is 0 Å². The molecule has 0 aliphatic carbocycles. The van der Waals surface area contributed by atoms with Gasteiger partial charge in [0.25, 0.3) is 5.91 Å². The Morgan fingerprint density at radius 1 is 1.26 bits per heavy atom. The maximum Gasteiger partial charge on any atom is 0.254 e. The summed E-state index contributed by atoms with van der Waals surface area (Å²) in [6.07, 6.45) is 8.01. The van der Waals surface area contributed by atoms with Crippen LogP contribution in [0.1, 0.15) is 55.8 Å². The molecule has 0 radical (unpaired) electrons. The summed E-state index contributed by atoms with van der Waals surface area (Å²) in [5.41, 5.74) is 5.68. The molecule has 0 bridgehead atoms. The smallest absolute Gasteiger partial charge is 0.254 e. The number of nitrogens with one attached hydrogen (secondary N) is 1. The number of aromatic nitrogens is 4. The van der Waals surface area contributed by atoms with Gasteiger partial charge in [0.15, 0.2) is 0 Å². The van der Waals surface area contributed by atoms with Crippen LogP contribution in [0.25, 0.3) is 11.4 Å². The van der Waals surface area contributed by atoms with Crippen molar-refractivity contribution >= 4 is 17.8 Å². The van der Waals surface area contributed by atoms with E-state index in [1.54, 1.807) is 12.4 Å². The van der Waals surface area contributed by atoms with Gasteiger partial charge in [0, 0.05) is 38.0 Å². The molecule has 3 N–H and O–H groups in total. The number of rotatable bonds is 11. The first kappa shape index (κ1) is 27.0. The van der Waals surface area contributed by atoms with Crippen molar-refractivity contribution < 1.29 is 23.2 Å². The Balaban J connectivity index is 1.17. The Morgan fingerprint density at radius 3 is 2.63 bits per heavy atom. The molecule has 38 heavy (non-hydrogen) atoms. The van der Waals surface area contributed by atoms with Gasteiger partial charge in [-0.2, -0.15) is 4.98 Å². The molecule has 11 nitrogen and oxygen atoms in total. The number of ether oxygens (including phenoxy) is 1. The zero-order valence-corrected chi connectivity index (χ0v) is 21.5. The van der Waals surface area contributed by atoms with E-state index in [9.17, 15) is 14.0 Å². The van der Waals surface area contributed by atoms with Crippen LogP contribution in [0.2, 0.25) is 0 Å². The van der Waals surface area contributed by atoms with E-state index in [2.05, 4.69) is 30.3 Å². The van der Waals surface area contributed by atoms with Gasteiger partial charge in [-0.3, -0.25) is 9.59 Å². The number of amides is 2. The van der Waals surface area contributed by atoms with Crippen LogP contribution >= 0.6 is 0 Å². The Kier molecular flexibility index (Phi) is 8.82. The van der Waals surface area contributed by atoms with Crippen LogP contribution in [-0.2, 0) is 11.2 Å². The van der Waals surface area contributed by atoms with Crippen LogP contribution < -0.4 is 20.7 Å². The molecule has 202 valence electrons. The second-order valence-corrected chi connectivity index (χ2v) is 9.30. The molecule has 2 aromatic heterocycles. The van der Waals surface area contributed by atoms with Gasteiger partial charge in [-0.25, -0.2) is 14.4 Å². The van der Waals surface area contributed by atoms with Crippen molar-refractivity contribution in [2.75, 3.05) is 24.6 Å². The van der Waals surface area contributed by atoms with Crippen molar-refractivity contribution in [1.82, 2.24) is 25.4 Å². The molecule has 2 amide bonds. The molecule has 3 aromatic rings. The standard InChI is InChI=1S/C26H32FN7O4/c1-3-22-32-24(33-38-22)18-14-29-26(30-15-18)34-10-8-17(9-11-34)5-4-12-37-19-6-7-20(21(27)13-19)25(36)31-16(2)23(28)35/h6-7,13-17H,3-5,8-12H2,1-2H3,(H2,28,35)(H,31,36)/t16-/m0/s1. The fraction of sp³-hybridized carbons (Fsp3) is 0.462. The van der Waals surface area contributed by atoms with E-state index >= 15 is 0 Å². The zero-order valence-electron chi connectivity index (χ0n) is 21.5. The summed E-state index contributed by atoms with van der Waals surface area (Å²) in [4.78, 5) is 38.7. The molecule has 1 fully saturated rings. The van der Waals surface area contributed by atoms with E-state index in [4.69, 9.17) is 15.0 Å². The number of halogens is 1. The number of aryl methyl sites for hydroxylation is 1. The summed E-state index contributed by atoms with van der Waals surface area (Å²) < 4.78 is 25.2. The first-order valence-corrected chi connectivity index (χ1v) is 12.8. The van der Waals surface area contributed by atoms with Gasteiger partial charge < -0.3 is 25.2 Å². The van der Waals surface area contributed by atoms with E-state index in [1.165, 1.54) is 25.1 Å². The topological polar surface area (TPSA) is 149 Å². The lowest BCUT2D eigenvalue weighted by atomic mass is 9.92. The fourth-order valence-corrected chi connectivity index (χ4v) is 4.21. The minimum absolute atomic E-state index is 0.170. The minimum atomic E-state index is -0.894. The van der Waals surface area contributed by atoms with E-state index in [1.807, 2.05) is 6.92 Å². The predicted molar refractivity (Wildman–Crippen MR) is 137 cm³/mol. The molecule has 1 aliphatic rings. The maximum atomic E-state index is 14.4. The van der Waals surface area contributed by atoms with Crippen molar-refractivity contribution in [2.45, 2.75) is 52.0 Å². The number of nitrogens with two attached hydrogens (primary N) is 1. The average molecular weight is 526 g/mol. The Bertz CT molecular complexity index is 1240. The molecule has 0 saturated carbocycles. The van der Waals surface area contributed by atoms with Crippen molar-refractivity contribution in [1.29, 1.82) is 0 Å². The highest BCUT2D eigenvalue weighted by Crippen LogP contribution is 2.25. The van der Waals surface area contributed by atoms with Crippen molar-refractivity contribution in [2.24, 2.45) is 11.7 Å². The third-order valence-electron chi connectivity index (χ3n) is 6.55. The molecule has 0 spiro atoms. The van der Waals surface area contributed by atoms with Crippen molar-refractivity contribution in [3.8, 4) is 17.1 Å². The predicted octanol–water partition coefficient (Wildman–Crippen LogP) is 2.91. The van der Waals surface area contributed by atoms with Crippen LogP contribution in [0, 0.1) is 11.7 Å². The van der Waals surface area contributed by atoms with Gasteiger partial charge >= 0.3 is 0 Å². The summed E-state index contributed by atoms with van der Waals surface area (Å²) in [6, 6.07) is 3.16. The Morgan fingerprint density at radius 2 is 2.00 bits per heavy atom. The van der Waals surface area contributed by atoms with Crippen molar-refractivity contribution in [3.05, 3.63) is 47.9 Å². The molecular formula is C26H32FN7O4. The summed E-state index contributed by atoms with van der Waals surface area (Å²) in [7, 11) is 0. The Labute approximate surface area is 220 Å². The number of hydrogen-bond acceptors (Lipinski definition) is 9. The lowest BCUT2D eigenvalue weighted by molar-refractivity contribution is -0.119. The molecule has 1 atom stereocenters. The van der Waals surface area contributed by atoms with Crippen molar-refractivity contribution in [3.63, 3.8) is 0 Å². The highest BCUT2D eigenvalue weighted by Gasteiger charge is 2.21. The maximum absolute atomic E-state index is 14.4. The van der Waals surface area contributed by atoms with Gasteiger partial charge in [0.2, 0.25) is 23.6 Å². The van der Waals surface area contributed by atoms with Crippen LogP contribution in [0.5, 0.6) is 5.75 Å². The van der Waals surface area contributed by atoms with Crippen LogP contribution in [-0.4, -0.2) is 57.7 Å². The molecule has 12 heteroatoms. The zero-order chi connectivity index (χ0) is 27.1. The molecule has 4 rings (SSSR count). The lowest BCUT2D eigenvalue weighted by Gasteiger charge is -2.32. The number of hydrogen-bond donors (Lipinski definition) is 2. The molecule has 0 unspecified atom stereocenters. The summed E-state index contributed by atoms with van der Waals surface area (Å²) in [6.45, 7) is 5.58. The van der Waals surface area contributed by atoms with E-state index in [-0.39, 0.29) is 5.56 Å².